The number of benzene rings is 2. The minimum Gasteiger partial charge on any atom is -0.466 e. The van der Waals surface area contributed by atoms with Gasteiger partial charge in [0.05, 0.1) is 24.3 Å². The lowest BCUT2D eigenvalue weighted by atomic mass is 9.78. The van der Waals surface area contributed by atoms with Crippen LogP contribution in [0.5, 0.6) is 0 Å². The Kier molecular flexibility index (Phi) is 7.39. The second kappa shape index (κ2) is 10.9. The number of hydrogen-bond donors (Lipinski definition) is 2. The Bertz CT molecular complexity index is 1190. The lowest BCUT2D eigenvalue weighted by Gasteiger charge is -2.36. The molecule has 0 aromatic heterocycles. The van der Waals surface area contributed by atoms with Gasteiger partial charge in [-0.3, -0.25) is 4.79 Å². The maximum absolute atomic E-state index is 13.6. The van der Waals surface area contributed by atoms with Crippen LogP contribution in [0.1, 0.15) is 18.4 Å². The smallest absolute Gasteiger partial charge is 0.337 e. The molecule has 7 nitrogen and oxygen atoms in total. The van der Waals surface area contributed by atoms with E-state index < -0.39 is 23.7 Å². The third-order valence-corrected chi connectivity index (χ3v) is 7.32. The zero-order valence-electron chi connectivity index (χ0n) is 20.9. The predicted octanol–water partition coefficient (Wildman–Crippen LogP) is 3.24. The number of carbonyl (C=O) groups excluding carboxylic acids is 2. The predicted molar refractivity (Wildman–Crippen MR) is 138 cm³/mol. The molecule has 37 heavy (non-hydrogen) atoms. The van der Waals surface area contributed by atoms with Crippen molar-refractivity contribution in [2.75, 3.05) is 38.6 Å². The molecule has 3 aliphatic rings. The molecule has 2 bridgehead atoms. The number of rotatable bonds is 10. The lowest BCUT2D eigenvalue weighted by molar-refractivity contribution is -0.138. The summed E-state index contributed by atoms with van der Waals surface area (Å²) in [4.78, 5) is 28.9. The topological polar surface area (TPSA) is 79.9 Å². The van der Waals surface area contributed by atoms with Gasteiger partial charge in [0, 0.05) is 18.8 Å². The van der Waals surface area contributed by atoms with Gasteiger partial charge in [0.25, 0.3) is 5.91 Å². The van der Waals surface area contributed by atoms with E-state index in [2.05, 4.69) is 15.5 Å². The van der Waals surface area contributed by atoms with E-state index in [-0.39, 0.29) is 22.9 Å². The van der Waals surface area contributed by atoms with Gasteiger partial charge in [0.2, 0.25) is 0 Å². The Hall–Kier alpha value is -3.49. The van der Waals surface area contributed by atoms with Crippen molar-refractivity contribution >= 4 is 17.6 Å². The summed E-state index contributed by atoms with van der Waals surface area (Å²) in [5.41, 5.74) is 0.949. The molecular weight excluding hydrogens is 473 g/mol. The van der Waals surface area contributed by atoms with Crippen LogP contribution < -0.4 is 10.6 Å². The number of anilines is 1. The first-order valence-electron chi connectivity index (χ1n) is 12.8. The van der Waals surface area contributed by atoms with Crippen molar-refractivity contribution in [3.63, 3.8) is 0 Å². The summed E-state index contributed by atoms with van der Waals surface area (Å²) < 4.78 is 25.2. The van der Waals surface area contributed by atoms with Gasteiger partial charge >= 0.3 is 5.97 Å². The molecule has 1 saturated heterocycles. The van der Waals surface area contributed by atoms with Crippen molar-refractivity contribution in [1.29, 1.82) is 0 Å². The van der Waals surface area contributed by atoms with Gasteiger partial charge in [0.1, 0.15) is 17.5 Å². The Morgan fingerprint density at radius 3 is 2.57 bits per heavy atom. The Labute approximate surface area is 216 Å². The Morgan fingerprint density at radius 2 is 1.86 bits per heavy atom. The molecule has 194 valence electrons. The zero-order valence-corrected chi connectivity index (χ0v) is 20.9. The molecule has 3 heterocycles. The van der Waals surface area contributed by atoms with Crippen molar-refractivity contribution < 1.29 is 23.5 Å². The molecular formula is C29H32FN3O4. The van der Waals surface area contributed by atoms with E-state index in [1.54, 1.807) is 12.1 Å². The SMILES string of the molecule is COC(=O)C1=C(C(=O)NCCN2CCCC2)C2C=CC1(C(Cc1ccccc1)Nc1ccc(F)cc1)O2. The zero-order chi connectivity index (χ0) is 25.8. The average molecular weight is 506 g/mol. The van der Waals surface area contributed by atoms with Gasteiger partial charge in [-0.15, -0.1) is 0 Å². The number of ether oxygens (including phenoxy) is 2. The summed E-state index contributed by atoms with van der Waals surface area (Å²) in [6, 6.07) is 15.4. The first kappa shape index (κ1) is 25.2. The van der Waals surface area contributed by atoms with Crippen molar-refractivity contribution in [2.24, 2.45) is 0 Å². The third-order valence-electron chi connectivity index (χ3n) is 7.32. The van der Waals surface area contributed by atoms with Crippen LogP contribution in [0, 0.1) is 5.82 Å². The summed E-state index contributed by atoms with van der Waals surface area (Å²) in [7, 11) is 1.31. The van der Waals surface area contributed by atoms with Crippen LogP contribution >= 0.6 is 0 Å². The number of nitrogens with zero attached hydrogens (tertiary/aromatic N) is 1. The fraction of sp³-hybridized carbons (Fsp3) is 0.379. The molecule has 2 aromatic rings. The normalized spacial score (nSPS) is 23.4. The highest BCUT2D eigenvalue weighted by Gasteiger charge is 2.58. The second-order valence-electron chi connectivity index (χ2n) is 9.67. The van der Waals surface area contributed by atoms with Crippen LogP contribution in [0.15, 0.2) is 77.9 Å². The maximum Gasteiger partial charge on any atom is 0.337 e. The maximum atomic E-state index is 13.6. The first-order chi connectivity index (χ1) is 18.0. The van der Waals surface area contributed by atoms with Gasteiger partial charge in [-0.1, -0.05) is 36.4 Å². The monoisotopic (exact) mass is 505 g/mol. The first-order valence-corrected chi connectivity index (χ1v) is 12.8. The number of amides is 1. The second-order valence-corrected chi connectivity index (χ2v) is 9.67. The van der Waals surface area contributed by atoms with E-state index in [1.165, 1.54) is 32.1 Å². The van der Waals surface area contributed by atoms with E-state index in [0.29, 0.717) is 18.7 Å². The summed E-state index contributed by atoms with van der Waals surface area (Å²) in [6.45, 7) is 3.34. The molecule has 3 atom stereocenters. The van der Waals surface area contributed by atoms with E-state index >= 15 is 0 Å². The van der Waals surface area contributed by atoms with Gasteiger partial charge in [0.15, 0.2) is 0 Å². The number of esters is 1. The number of nitrogens with one attached hydrogen (secondary N) is 2. The molecule has 5 rings (SSSR count). The number of methoxy groups -OCH3 is 1. The lowest BCUT2D eigenvalue weighted by Crippen LogP contribution is -2.49. The van der Waals surface area contributed by atoms with Crippen LogP contribution in [0.4, 0.5) is 10.1 Å². The molecule has 2 aromatic carbocycles. The quantitative estimate of drug-likeness (QED) is 0.381. The summed E-state index contributed by atoms with van der Waals surface area (Å²) >= 11 is 0. The molecule has 1 amide bonds. The highest BCUT2D eigenvalue weighted by Crippen LogP contribution is 2.47. The van der Waals surface area contributed by atoms with Crippen LogP contribution in [-0.4, -0.2) is 67.8 Å². The van der Waals surface area contributed by atoms with Crippen LogP contribution in [0.25, 0.3) is 0 Å². The minimum absolute atomic E-state index is 0.205. The molecule has 0 radical (unpaired) electrons. The van der Waals surface area contributed by atoms with E-state index in [1.807, 2.05) is 42.5 Å². The Morgan fingerprint density at radius 1 is 1.14 bits per heavy atom. The molecule has 0 spiro atoms. The molecule has 0 aliphatic carbocycles. The summed E-state index contributed by atoms with van der Waals surface area (Å²) in [5.74, 6) is -1.27. The fourth-order valence-electron chi connectivity index (χ4n) is 5.49. The van der Waals surface area contributed by atoms with Crippen molar-refractivity contribution in [3.05, 3.63) is 89.3 Å². The summed E-state index contributed by atoms with van der Waals surface area (Å²) in [5, 5.41) is 6.43. The average Bonchev–Trinajstić information content (AvgIpc) is 3.66. The third kappa shape index (κ3) is 5.17. The van der Waals surface area contributed by atoms with E-state index in [4.69, 9.17) is 9.47 Å². The van der Waals surface area contributed by atoms with Crippen molar-refractivity contribution in [3.8, 4) is 0 Å². The van der Waals surface area contributed by atoms with E-state index in [0.717, 1.165) is 25.2 Å². The molecule has 2 N–H and O–H groups in total. The number of hydrogen-bond acceptors (Lipinski definition) is 6. The van der Waals surface area contributed by atoms with Crippen LogP contribution in [0.2, 0.25) is 0 Å². The molecule has 1 fully saturated rings. The molecule has 8 heteroatoms. The Balaban J connectivity index is 1.47. The fourth-order valence-corrected chi connectivity index (χ4v) is 5.49. The van der Waals surface area contributed by atoms with E-state index in [9.17, 15) is 14.0 Å². The van der Waals surface area contributed by atoms with Crippen molar-refractivity contribution in [1.82, 2.24) is 10.2 Å². The van der Waals surface area contributed by atoms with Gasteiger partial charge in [-0.25, -0.2) is 9.18 Å². The van der Waals surface area contributed by atoms with Gasteiger partial charge in [-0.05, 0) is 68.3 Å². The van der Waals surface area contributed by atoms with Gasteiger partial charge < -0.3 is 25.0 Å². The van der Waals surface area contributed by atoms with Crippen molar-refractivity contribution in [2.45, 2.75) is 37.0 Å². The molecule has 0 saturated carbocycles. The standard InChI is InChI=1S/C29H32FN3O4/c1-36-28(35)26-25(27(34)31-15-18-33-16-5-6-17-33)23-13-14-29(26,37-23)24(19-20-7-3-2-4-8-20)32-22-11-9-21(30)10-12-22/h2-4,7-14,23-24,32H,5-6,15-19H2,1H3,(H,31,34). The highest BCUT2D eigenvalue weighted by molar-refractivity contribution is 6.07. The minimum atomic E-state index is -1.23. The summed E-state index contributed by atoms with van der Waals surface area (Å²) in [6.07, 6.45) is 5.85. The number of halogens is 1. The number of likely N-dealkylation sites (tertiary alicyclic amines) is 1. The highest BCUT2D eigenvalue weighted by atomic mass is 19.1. The van der Waals surface area contributed by atoms with Crippen LogP contribution in [-0.2, 0) is 25.5 Å². The van der Waals surface area contributed by atoms with Crippen LogP contribution in [0.3, 0.4) is 0 Å². The number of carbonyl (C=O) groups is 2. The molecule has 3 unspecified atom stereocenters. The largest absolute Gasteiger partial charge is 0.466 e. The number of fused-ring (bicyclic) bond motifs is 2. The van der Waals surface area contributed by atoms with Gasteiger partial charge in [-0.2, -0.15) is 0 Å². The molecule has 3 aliphatic heterocycles.